The van der Waals surface area contributed by atoms with Crippen molar-refractivity contribution in [3.63, 3.8) is 0 Å². The van der Waals surface area contributed by atoms with Gasteiger partial charge >= 0.3 is 0 Å². The van der Waals surface area contributed by atoms with Crippen LogP contribution in [0, 0.1) is 0 Å². The zero-order valence-electron chi connectivity index (χ0n) is 11.9. The molecule has 108 valence electrons. The molecule has 1 aliphatic heterocycles. The van der Waals surface area contributed by atoms with E-state index in [2.05, 4.69) is 34.8 Å². The lowest BCUT2D eigenvalue weighted by Gasteiger charge is -2.31. The molecule has 0 amide bonds. The fourth-order valence-electron chi connectivity index (χ4n) is 2.15. The van der Waals surface area contributed by atoms with Gasteiger partial charge in [-0.2, -0.15) is 4.99 Å². The quantitative estimate of drug-likeness (QED) is 0.907. The molecule has 1 aromatic rings. The maximum atomic E-state index is 5.85. The normalized spacial score (nSPS) is 16.1. The summed E-state index contributed by atoms with van der Waals surface area (Å²) in [5, 5.41) is 0. The van der Waals surface area contributed by atoms with Gasteiger partial charge in [0.2, 0.25) is 0 Å². The molecular formula is C15H20BrN3O. The Morgan fingerprint density at radius 1 is 1.35 bits per heavy atom. The summed E-state index contributed by atoms with van der Waals surface area (Å²) in [5.41, 5.74) is 8.72. The number of hydrogen-bond acceptors (Lipinski definition) is 4. The van der Waals surface area contributed by atoms with Crippen LogP contribution in [0.15, 0.2) is 33.9 Å². The Hall–Kier alpha value is -1.49. The van der Waals surface area contributed by atoms with E-state index < -0.39 is 0 Å². The molecule has 0 spiro atoms. The highest BCUT2D eigenvalue weighted by molar-refractivity contribution is 9.10. The lowest BCUT2D eigenvalue weighted by Crippen LogP contribution is -2.35. The van der Waals surface area contributed by atoms with E-state index in [1.807, 2.05) is 23.1 Å². The van der Waals surface area contributed by atoms with E-state index in [1.54, 1.807) is 6.20 Å². The molecule has 2 rings (SSSR count). The van der Waals surface area contributed by atoms with Crippen molar-refractivity contribution in [1.82, 2.24) is 4.90 Å². The number of aliphatic imine (C=N–C) groups is 1. The SMILES string of the molecule is CCCOC1=Nc2ccc(Br)cc2C(=CN)N1CCC. The second-order valence-electron chi connectivity index (χ2n) is 4.61. The number of ether oxygens (including phenoxy) is 1. The number of hydrogen-bond donors (Lipinski definition) is 1. The predicted molar refractivity (Wildman–Crippen MR) is 86.6 cm³/mol. The number of nitrogens with two attached hydrogens (primary N) is 1. The summed E-state index contributed by atoms with van der Waals surface area (Å²) in [6, 6.07) is 6.63. The zero-order valence-corrected chi connectivity index (χ0v) is 13.5. The summed E-state index contributed by atoms with van der Waals surface area (Å²) in [6.07, 6.45) is 3.58. The minimum atomic E-state index is 0.639. The van der Waals surface area contributed by atoms with Crippen LogP contribution in [0.25, 0.3) is 5.70 Å². The maximum absolute atomic E-state index is 5.85. The van der Waals surface area contributed by atoms with Crippen LogP contribution in [0.2, 0.25) is 0 Å². The summed E-state index contributed by atoms with van der Waals surface area (Å²) in [6.45, 7) is 5.70. The fraction of sp³-hybridized carbons (Fsp3) is 0.400. The molecule has 0 radical (unpaired) electrons. The Morgan fingerprint density at radius 3 is 2.80 bits per heavy atom. The van der Waals surface area contributed by atoms with Gasteiger partial charge in [-0.25, -0.2) is 0 Å². The Labute approximate surface area is 128 Å². The summed E-state index contributed by atoms with van der Waals surface area (Å²) in [5.74, 6) is 0. The van der Waals surface area contributed by atoms with E-state index in [0.29, 0.717) is 12.6 Å². The highest BCUT2D eigenvalue weighted by Gasteiger charge is 2.25. The highest BCUT2D eigenvalue weighted by Crippen LogP contribution is 2.35. The summed E-state index contributed by atoms with van der Waals surface area (Å²) >= 11 is 3.50. The van der Waals surface area contributed by atoms with Crippen LogP contribution in [-0.4, -0.2) is 24.1 Å². The second-order valence-corrected chi connectivity index (χ2v) is 5.52. The van der Waals surface area contributed by atoms with Crippen LogP contribution in [0.1, 0.15) is 32.3 Å². The molecule has 0 unspecified atom stereocenters. The summed E-state index contributed by atoms with van der Waals surface area (Å²) < 4.78 is 6.80. The molecule has 0 fully saturated rings. The van der Waals surface area contributed by atoms with E-state index >= 15 is 0 Å². The van der Waals surface area contributed by atoms with Gasteiger partial charge in [-0.15, -0.1) is 0 Å². The van der Waals surface area contributed by atoms with Crippen molar-refractivity contribution in [2.45, 2.75) is 26.7 Å². The Bertz CT molecular complexity index is 540. The van der Waals surface area contributed by atoms with Gasteiger partial charge in [0, 0.05) is 22.8 Å². The van der Waals surface area contributed by atoms with Crippen molar-refractivity contribution < 1.29 is 4.74 Å². The van der Waals surface area contributed by atoms with Gasteiger partial charge in [-0.1, -0.05) is 29.8 Å². The molecule has 0 saturated carbocycles. The third kappa shape index (κ3) is 2.98. The Kier molecular flexibility index (Phi) is 5.06. The first kappa shape index (κ1) is 14.9. The molecule has 0 atom stereocenters. The molecular weight excluding hydrogens is 318 g/mol. The Morgan fingerprint density at radius 2 is 2.15 bits per heavy atom. The average Bonchev–Trinajstić information content (AvgIpc) is 2.45. The first-order valence-electron chi connectivity index (χ1n) is 6.92. The average molecular weight is 338 g/mol. The third-order valence-corrected chi connectivity index (χ3v) is 3.51. The molecule has 5 heteroatoms. The van der Waals surface area contributed by atoms with Gasteiger partial charge in [0.25, 0.3) is 6.02 Å². The lowest BCUT2D eigenvalue weighted by molar-refractivity contribution is 0.257. The Balaban J connectivity index is 2.46. The van der Waals surface area contributed by atoms with E-state index in [0.717, 1.165) is 40.8 Å². The molecule has 0 saturated heterocycles. The summed E-state index contributed by atoms with van der Waals surface area (Å²) in [7, 11) is 0. The van der Waals surface area contributed by atoms with Gasteiger partial charge in [-0.05, 0) is 31.0 Å². The first-order chi connectivity index (χ1) is 9.71. The molecule has 1 heterocycles. The summed E-state index contributed by atoms with van der Waals surface area (Å²) in [4.78, 5) is 6.67. The molecule has 0 aromatic heterocycles. The van der Waals surface area contributed by atoms with Gasteiger partial charge in [-0.3, -0.25) is 4.90 Å². The van der Waals surface area contributed by atoms with E-state index in [9.17, 15) is 0 Å². The maximum Gasteiger partial charge on any atom is 0.297 e. The monoisotopic (exact) mass is 337 g/mol. The second kappa shape index (κ2) is 6.79. The molecule has 4 nitrogen and oxygen atoms in total. The van der Waals surface area contributed by atoms with Crippen LogP contribution in [0.5, 0.6) is 0 Å². The minimum absolute atomic E-state index is 0.639. The van der Waals surface area contributed by atoms with Crippen molar-refractivity contribution in [3.05, 3.63) is 34.4 Å². The number of halogens is 1. The largest absolute Gasteiger partial charge is 0.465 e. The van der Waals surface area contributed by atoms with Gasteiger partial charge in [0.15, 0.2) is 0 Å². The molecule has 0 bridgehead atoms. The van der Waals surface area contributed by atoms with Crippen LogP contribution in [-0.2, 0) is 4.74 Å². The molecule has 2 N–H and O–H groups in total. The first-order valence-corrected chi connectivity index (χ1v) is 7.71. The van der Waals surface area contributed by atoms with Gasteiger partial charge in [0.1, 0.15) is 0 Å². The van der Waals surface area contributed by atoms with E-state index in [4.69, 9.17) is 10.5 Å². The van der Waals surface area contributed by atoms with Crippen molar-refractivity contribution in [1.29, 1.82) is 0 Å². The van der Waals surface area contributed by atoms with Crippen LogP contribution in [0.3, 0.4) is 0 Å². The minimum Gasteiger partial charge on any atom is -0.465 e. The van der Waals surface area contributed by atoms with E-state index in [1.165, 1.54) is 0 Å². The number of amidine groups is 1. The standard InChI is InChI=1S/C15H20BrN3O/c1-3-7-19-14(10-17)12-9-11(16)5-6-13(12)18-15(19)20-8-4-2/h5-6,9-10H,3-4,7-8,17H2,1-2H3. The van der Waals surface area contributed by atoms with Crippen LogP contribution < -0.4 is 5.73 Å². The predicted octanol–water partition coefficient (Wildman–Crippen LogP) is 3.85. The number of benzene rings is 1. The highest BCUT2D eigenvalue weighted by atomic mass is 79.9. The van der Waals surface area contributed by atoms with Gasteiger partial charge < -0.3 is 10.5 Å². The number of fused-ring (bicyclic) bond motifs is 1. The zero-order chi connectivity index (χ0) is 14.5. The topological polar surface area (TPSA) is 50.9 Å². The van der Waals surface area contributed by atoms with Crippen LogP contribution in [0.4, 0.5) is 5.69 Å². The van der Waals surface area contributed by atoms with Crippen molar-refractivity contribution in [3.8, 4) is 0 Å². The lowest BCUT2D eigenvalue weighted by atomic mass is 10.1. The van der Waals surface area contributed by atoms with Crippen molar-refractivity contribution in [2.24, 2.45) is 10.7 Å². The molecule has 0 aliphatic carbocycles. The fourth-order valence-corrected chi connectivity index (χ4v) is 2.51. The van der Waals surface area contributed by atoms with Crippen LogP contribution >= 0.6 is 15.9 Å². The van der Waals surface area contributed by atoms with Crippen molar-refractivity contribution >= 4 is 33.3 Å². The van der Waals surface area contributed by atoms with E-state index in [-0.39, 0.29) is 0 Å². The molecule has 1 aromatic carbocycles. The van der Waals surface area contributed by atoms with Crippen molar-refractivity contribution in [2.75, 3.05) is 13.2 Å². The number of rotatable bonds is 4. The van der Waals surface area contributed by atoms with Gasteiger partial charge in [0.05, 0.1) is 18.0 Å². The number of nitrogens with zero attached hydrogens (tertiary/aromatic N) is 2. The molecule has 20 heavy (non-hydrogen) atoms. The third-order valence-electron chi connectivity index (χ3n) is 3.01. The smallest absolute Gasteiger partial charge is 0.297 e. The molecule has 1 aliphatic rings.